The molecule has 5 heteroatoms. The molecule has 0 fully saturated rings. The minimum Gasteiger partial charge on any atom is -0.355 e. The van der Waals surface area contributed by atoms with Gasteiger partial charge in [-0.15, -0.1) is 0 Å². The number of hydrogen-bond donors (Lipinski definition) is 3. The molecule has 0 heterocycles. The van der Waals surface area contributed by atoms with Gasteiger partial charge in [0.2, 0.25) is 0 Å². The minimum absolute atomic E-state index is 0.0674. The van der Waals surface area contributed by atoms with Crippen molar-refractivity contribution in [3.8, 4) is 0 Å². The van der Waals surface area contributed by atoms with Gasteiger partial charge in [-0.1, -0.05) is 38.8 Å². The second-order valence-electron chi connectivity index (χ2n) is 6.57. The highest BCUT2D eigenvalue weighted by molar-refractivity contribution is 5.93. The molecule has 1 aromatic carbocycles. The maximum absolute atomic E-state index is 11.5. The van der Waals surface area contributed by atoms with E-state index in [9.17, 15) is 4.79 Å². The van der Waals surface area contributed by atoms with Crippen molar-refractivity contribution >= 4 is 11.9 Å². The summed E-state index contributed by atoms with van der Waals surface area (Å²) in [5.41, 5.74) is 1.78. The summed E-state index contributed by atoms with van der Waals surface area (Å²) in [6.45, 7) is 7.37. The number of carbonyl (C=O) groups is 1. The van der Waals surface area contributed by atoms with Gasteiger partial charge in [0.1, 0.15) is 0 Å². The van der Waals surface area contributed by atoms with E-state index in [-0.39, 0.29) is 5.91 Å². The molecule has 5 nitrogen and oxygen atoms in total. The minimum atomic E-state index is -0.0674. The normalized spacial score (nSPS) is 12.8. The first kappa shape index (κ1) is 20.0. The van der Waals surface area contributed by atoms with Crippen molar-refractivity contribution in [2.75, 3.05) is 14.1 Å². The Morgan fingerprint density at radius 3 is 2.33 bits per heavy atom. The molecule has 0 saturated carbocycles. The highest BCUT2D eigenvalue weighted by Gasteiger charge is 2.06. The maximum atomic E-state index is 11.5. The van der Waals surface area contributed by atoms with Gasteiger partial charge < -0.3 is 16.0 Å². The fraction of sp³-hybridized carbons (Fsp3) is 0.579. The van der Waals surface area contributed by atoms with Crippen LogP contribution in [0.2, 0.25) is 0 Å². The van der Waals surface area contributed by atoms with E-state index in [4.69, 9.17) is 0 Å². The largest absolute Gasteiger partial charge is 0.355 e. The quantitative estimate of drug-likeness (QED) is 0.506. The van der Waals surface area contributed by atoms with Crippen LogP contribution in [-0.2, 0) is 6.54 Å². The van der Waals surface area contributed by atoms with Crippen molar-refractivity contribution in [3.05, 3.63) is 35.4 Å². The number of guanidine groups is 1. The summed E-state index contributed by atoms with van der Waals surface area (Å²) in [6.07, 6.45) is 3.62. The fourth-order valence-corrected chi connectivity index (χ4v) is 2.44. The van der Waals surface area contributed by atoms with Crippen molar-refractivity contribution < 1.29 is 4.79 Å². The van der Waals surface area contributed by atoms with Crippen molar-refractivity contribution in [2.24, 2.45) is 10.9 Å². The van der Waals surface area contributed by atoms with Crippen LogP contribution in [0.5, 0.6) is 0 Å². The molecule has 0 aliphatic carbocycles. The summed E-state index contributed by atoms with van der Waals surface area (Å²) >= 11 is 0. The van der Waals surface area contributed by atoms with Crippen molar-refractivity contribution in [3.63, 3.8) is 0 Å². The van der Waals surface area contributed by atoms with Gasteiger partial charge in [-0.25, -0.2) is 0 Å². The SMILES string of the molecule is CN=C(NCc1ccc(C(=O)NC)cc1)NC(C)CCCC(C)C. The second-order valence-corrected chi connectivity index (χ2v) is 6.57. The highest BCUT2D eigenvalue weighted by atomic mass is 16.1. The summed E-state index contributed by atoms with van der Waals surface area (Å²) in [5, 5.41) is 9.36. The van der Waals surface area contributed by atoms with Gasteiger partial charge in [0.05, 0.1) is 0 Å². The summed E-state index contributed by atoms with van der Waals surface area (Å²) in [5.74, 6) is 1.50. The lowest BCUT2D eigenvalue weighted by Crippen LogP contribution is -2.41. The lowest BCUT2D eigenvalue weighted by Gasteiger charge is -2.18. The average molecular weight is 332 g/mol. The molecule has 134 valence electrons. The van der Waals surface area contributed by atoms with E-state index in [0.717, 1.165) is 23.9 Å². The lowest BCUT2D eigenvalue weighted by atomic mass is 10.0. The molecule has 24 heavy (non-hydrogen) atoms. The predicted molar refractivity (Wildman–Crippen MR) is 101 cm³/mol. The van der Waals surface area contributed by atoms with Crippen molar-refractivity contribution in [1.29, 1.82) is 0 Å². The van der Waals surface area contributed by atoms with E-state index >= 15 is 0 Å². The third-order valence-corrected chi connectivity index (χ3v) is 3.93. The smallest absolute Gasteiger partial charge is 0.251 e. The van der Waals surface area contributed by atoms with E-state index in [1.54, 1.807) is 14.1 Å². The number of benzene rings is 1. The van der Waals surface area contributed by atoms with Crippen LogP contribution in [0.15, 0.2) is 29.3 Å². The number of rotatable bonds is 8. The third kappa shape index (κ3) is 7.49. The van der Waals surface area contributed by atoms with E-state index < -0.39 is 0 Å². The van der Waals surface area contributed by atoms with Crippen LogP contribution < -0.4 is 16.0 Å². The molecule has 0 saturated heterocycles. The van der Waals surface area contributed by atoms with Crippen LogP contribution in [0.25, 0.3) is 0 Å². The molecule has 0 spiro atoms. The molecular formula is C19H32N4O. The molecule has 0 aliphatic heterocycles. The number of carbonyl (C=O) groups excluding carboxylic acids is 1. The number of hydrogen-bond acceptors (Lipinski definition) is 2. The van der Waals surface area contributed by atoms with Gasteiger partial charge >= 0.3 is 0 Å². The molecule has 1 amide bonds. The monoisotopic (exact) mass is 332 g/mol. The van der Waals surface area contributed by atoms with Gasteiger partial charge in [-0.05, 0) is 37.0 Å². The fourth-order valence-electron chi connectivity index (χ4n) is 2.44. The first-order valence-corrected chi connectivity index (χ1v) is 8.74. The second kappa shape index (κ2) is 10.7. The van der Waals surface area contributed by atoms with E-state index in [1.165, 1.54) is 12.8 Å². The zero-order valence-corrected chi connectivity index (χ0v) is 15.6. The van der Waals surface area contributed by atoms with Gasteiger partial charge in [0.15, 0.2) is 5.96 Å². The first-order valence-electron chi connectivity index (χ1n) is 8.74. The average Bonchev–Trinajstić information content (AvgIpc) is 2.58. The Bertz CT molecular complexity index is 523. The molecule has 1 atom stereocenters. The van der Waals surface area contributed by atoms with E-state index in [2.05, 4.69) is 41.7 Å². The topological polar surface area (TPSA) is 65.5 Å². The Kier molecular flexibility index (Phi) is 8.90. The van der Waals surface area contributed by atoms with Crippen LogP contribution in [-0.4, -0.2) is 32.0 Å². The summed E-state index contributed by atoms with van der Waals surface area (Å²) in [4.78, 5) is 15.8. The van der Waals surface area contributed by atoms with Crippen LogP contribution in [0.3, 0.4) is 0 Å². The van der Waals surface area contributed by atoms with Gasteiger partial charge in [0.25, 0.3) is 5.91 Å². The number of nitrogens with zero attached hydrogens (tertiary/aromatic N) is 1. The Balaban J connectivity index is 2.42. The number of nitrogens with one attached hydrogen (secondary N) is 3. The maximum Gasteiger partial charge on any atom is 0.251 e. The summed E-state index contributed by atoms with van der Waals surface area (Å²) in [6, 6.07) is 7.97. The van der Waals surface area contributed by atoms with Crippen LogP contribution >= 0.6 is 0 Å². The Labute approximate surface area is 146 Å². The molecule has 0 aromatic heterocycles. The zero-order valence-electron chi connectivity index (χ0n) is 15.6. The Morgan fingerprint density at radius 2 is 1.79 bits per heavy atom. The van der Waals surface area contributed by atoms with Gasteiger partial charge in [0, 0.05) is 32.2 Å². The van der Waals surface area contributed by atoms with E-state index in [0.29, 0.717) is 18.2 Å². The highest BCUT2D eigenvalue weighted by Crippen LogP contribution is 2.08. The lowest BCUT2D eigenvalue weighted by molar-refractivity contribution is 0.0963. The van der Waals surface area contributed by atoms with E-state index in [1.807, 2.05) is 24.3 Å². The molecular weight excluding hydrogens is 300 g/mol. The molecule has 0 aliphatic rings. The Hall–Kier alpha value is -2.04. The van der Waals surface area contributed by atoms with Gasteiger partial charge in [-0.3, -0.25) is 9.79 Å². The summed E-state index contributed by atoms with van der Waals surface area (Å²) in [7, 11) is 3.42. The molecule has 0 bridgehead atoms. The number of aliphatic imine (C=N–C) groups is 1. The number of amides is 1. The standard InChI is InChI=1S/C19H32N4O/c1-14(2)7-6-8-15(3)23-19(21-5)22-13-16-9-11-17(12-10-16)18(24)20-4/h9-12,14-15H,6-8,13H2,1-5H3,(H,20,24)(H2,21,22,23). The summed E-state index contributed by atoms with van der Waals surface area (Å²) < 4.78 is 0. The first-order chi connectivity index (χ1) is 11.5. The molecule has 0 radical (unpaired) electrons. The van der Waals surface area contributed by atoms with Gasteiger partial charge in [-0.2, -0.15) is 0 Å². The molecule has 3 N–H and O–H groups in total. The van der Waals surface area contributed by atoms with Crippen LogP contribution in [0.4, 0.5) is 0 Å². The zero-order chi connectivity index (χ0) is 17.9. The molecule has 1 unspecified atom stereocenters. The predicted octanol–water partition coefficient (Wildman–Crippen LogP) is 2.93. The third-order valence-electron chi connectivity index (χ3n) is 3.93. The Morgan fingerprint density at radius 1 is 1.12 bits per heavy atom. The van der Waals surface area contributed by atoms with Crippen LogP contribution in [0.1, 0.15) is 56.0 Å². The molecule has 1 rings (SSSR count). The van der Waals surface area contributed by atoms with Crippen molar-refractivity contribution in [2.45, 2.75) is 52.6 Å². The molecule has 1 aromatic rings. The van der Waals surface area contributed by atoms with Crippen LogP contribution in [0, 0.1) is 5.92 Å². The van der Waals surface area contributed by atoms with Crippen molar-refractivity contribution in [1.82, 2.24) is 16.0 Å².